The number of carbonyl (C=O) groups excluding carboxylic acids is 7. The van der Waals surface area contributed by atoms with Crippen molar-refractivity contribution >= 4 is 220 Å². The number of carbonyl (C=O) groups is 7. The van der Waals surface area contributed by atoms with Gasteiger partial charge in [-0.1, -0.05) is 96.8 Å². The van der Waals surface area contributed by atoms with Crippen LogP contribution < -0.4 is 29.4 Å². The van der Waals surface area contributed by atoms with E-state index in [0.717, 1.165) is 52.0 Å². The van der Waals surface area contributed by atoms with Crippen LogP contribution in [0, 0.1) is 52.4 Å². The number of rotatable bonds is 15. The Hall–Kier alpha value is -9.10. The molecule has 5 amide bonds. The number of benzene rings is 5. The molecule has 0 spiro atoms. The standard InChI is InChI=1S/C17H18FN3O4S.C15H14F2N2O7S2.C14H11F2IN2O4S.C14H10F2N2O4S.C12H6F2N2O3S/c1-9-6-20(7-10(2)24-9)14-11(8-22)5-12-15(13(14)18)25-19-16(12)21-3-4-26-17(21)23;1-28(21,22)25-6-7-5-19(15(20)27-7)13-9-4-8(14-23-2-3-24-14)10(16)11(17)12(9)26-18-13;15-9-7(13-21-1-2-22-13)3-8-11(10(9)16)23-18-12(8)19-5-6(4-17)24-14(19)20;1-6-5-18(14(19)23-6)12-8-4-7(13-20-2-3-21-13)9(15)10(16)11(8)22-17-12;1-5-3-16(12(18)20-5)11-7-2-6(4-17)8(13)9(14)10(7)19-15-11/h5,8-10H,3-4,6-7H2,1-2H3;4,7,14H,2-3,5-6H2,1H3;3,6,13H,1-2,4-5H2;4,13H,1-3,5H2;2,4H,1,3H2/t9-,10-;7-;6-;;/m010../s1. The SMILES string of the molecule is C=C1CN(c2noc3c(F)c(F)c(C4OCCO4)cc23)C(=O)S1.C=C1CN(c2noc3c(F)c(F)c(C=O)cc23)C(=O)S1.CS(=O)(=O)OC[C@H]1CN(c2noc3c(F)c(F)c(C4OCCO4)cc23)C(=O)S1.C[C@H]1CN(c2c(C=O)cc3c(N4CCSC4=O)noc3c2F)C[C@H](C)O1.O=C1S[C@@H](CI)CN1c1noc2c(F)c(F)c(C3OCCO3)cc12. The van der Waals surface area contributed by atoms with Crippen LogP contribution in [0.5, 0.6) is 0 Å². The van der Waals surface area contributed by atoms with E-state index >= 15 is 4.39 Å². The molecule has 9 saturated heterocycles. The predicted molar refractivity (Wildman–Crippen MR) is 429 cm³/mol. The van der Waals surface area contributed by atoms with Crippen molar-refractivity contribution in [3.05, 3.63) is 133 Å². The van der Waals surface area contributed by atoms with Crippen molar-refractivity contribution in [2.45, 2.75) is 55.4 Å². The number of ether oxygens (including phenoxy) is 7. The quantitative estimate of drug-likeness (QED) is 0.0302. The molecule has 5 aromatic carbocycles. The molecular weight excluding hydrogens is 1860 g/mol. The van der Waals surface area contributed by atoms with Crippen LogP contribution in [0.3, 0.4) is 0 Å². The summed E-state index contributed by atoms with van der Waals surface area (Å²) in [5.41, 5.74) is -1.96. The fourth-order valence-corrected chi connectivity index (χ4v) is 18.9. The highest BCUT2D eigenvalue weighted by molar-refractivity contribution is 14.1. The second-order valence-electron chi connectivity index (χ2n) is 27.2. The number of amides is 5. The maximum atomic E-state index is 15.3. The molecule has 0 unspecified atom stereocenters. The minimum absolute atomic E-state index is 0.00694. The van der Waals surface area contributed by atoms with Gasteiger partial charge in [-0.15, -0.1) is 0 Å². The maximum Gasteiger partial charge on any atom is 0.292 e. The molecular formula is C72H59F9IN11O22S6. The normalized spacial score (nSPS) is 20.7. The van der Waals surface area contributed by atoms with Gasteiger partial charge in [-0.2, -0.15) is 26.0 Å². The van der Waals surface area contributed by atoms with Crippen LogP contribution in [0.25, 0.3) is 54.8 Å². The van der Waals surface area contributed by atoms with E-state index in [0.29, 0.717) is 79.8 Å². The van der Waals surface area contributed by atoms with Crippen LogP contribution in [-0.2, 0) is 47.5 Å². The molecule has 49 heteroatoms. The highest BCUT2D eigenvalue weighted by Gasteiger charge is 2.42. The molecule has 5 aromatic heterocycles. The molecule has 640 valence electrons. The van der Waals surface area contributed by atoms with Crippen LogP contribution in [-0.4, -0.2) is 204 Å². The Bertz CT molecular complexity index is 5980. The summed E-state index contributed by atoms with van der Waals surface area (Å²) in [6.45, 7) is 15.0. The number of halogens is 10. The van der Waals surface area contributed by atoms with E-state index in [9.17, 15) is 77.1 Å². The first-order chi connectivity index (χ1) is 57.9. The zero-order chi connectivity index (χ0) is 85.9. The number of alkyl halides is 1. The van der Waals surface area contributed by atoms with Gasteiger partial charge in [-0.05, 0) is 67.7 Å². The summed E-state index contributed by atoms with van der Waals surface area (Å²) < 4.78 is 218. The lowest BCUT2D eigenvalue weighted by molar-refractivity contribution is -0.0469. The Labute approximate surface area is 709 Å². The Morgan fingerprint density at radius 2 is 0.826 bits per heavy atom. The van der Waals surface area contributed by atoms with Gasteiger partial charge >= 0.3 is 0 Å². The third-order valence-corrected chi connectivity index (χ3v) is 25.7. The highest BCUT2D eigenvalue weighted by atomic mass is 127. The Kier molecular flexibility index (Phi) is 25.8. The van der Waals surface area contributed by atoms with Gasteiger partial charge in [0.1, 0.15) is 0 Å². The summed E-state index contributed by atoms with van der Waals surface area (Å²) in [6.07, 6.45) is -1.48. The number of aromatic nitrogens is 5. The fourth-order valence-electron chi connectivity index (χ4n) is 13.7. The molecule has 33 nitrogen and oxygen atoms in total. The molecule has 4 atom stereocenters. The number of morpholine rings is 1. The summed E-state index contributed by atoms with van der Waals surface area (Å²) in [5, 5.41) is 17.8. The first-order valence-corrected chi connectivity index (χ1v) is 43.5. The number of fused-ring (bicyclic) bond motifs is 5. The Morgan fingerprint density at radius 1 is 0.471 bits per heavy atom. The van der Waals surface area contributed by atoms with E-state index in [1.54, 1.807) is 11.0 Å². The first-order valence-electron chi connectivity index (χ1n) is 35.8. The topological polar surface area (TPSA) is 377 Å². The van der Waals surface area contributed by atoms with Gasteiger partial charge in [0, 0.05) is 80.2 Å². The van der Waals surface area contributed by atoms with E-state index < -0.39 is 109 Å². The lowest BCUT2D eigenvalue weighted by Crippen LogP contribution is -2.46. The maximum absolute atomic E-state index is 15.3. The van der Waals surface area contributed by atoms with E-state index in [-0.39, 0.29) is 179 Å². The molecule has 0 bridgehead atoms. The second-order valence-corrected chi connectivity index (χ2v) is 35.5. The van der Waals surface area contributed by atoms with Crippen molar-refractivity contribution in [2.75, 3.05) is 138 Å². The van der Waals surface area contributed by atoms with Crippen LogP contribution in [0.2, 0.25) is 0 Å². The van der Waals surface area contributed by atoms with Gasteiger partial charge in [0.15, 0.2) is 89.6 Å². The van der Waals surface area contributed by atoms with E-state index in [1.807, 2.05) is 13.8 Å². The Balaban J connectivity index is 0.000000118. The molecule has 121 heavy (non-hydrogen) atoms. The van der Waals surface area contributed by atoms with E-state index in [1.165, 1.54) is 66.2 Å². The van der Waals surface area contributed by atoms with Gasteiger partial charge in [-0.25, -0.2) is 22.0 Å². The van der Waals surface area contributed by atoms with Crippen LogP contribution in [0.4, 0.5) is 98.3 Å². The summed E-state index contributed by atoms with van der Waals surface area (Å²) in [7, 11) is -3.66. The number of hydrogen-bond donors (Lipinski definition) is 0. The minimum Gasteiger partial charge on any atom is -0.372 e. The van der Waals surface area contributed by atoms with E-state index in [4.69, 9.17) is 60.0 Å². The fraction of sp³-hybridized carbons (Fsp3) is 0.361. The van der Waals surface area contributed by atoms with Gasteiger partial charge in [0.05, 0.1) is 121 Å². The summed E-state index contributed by atoms with van der Waals surface area (Å²) in [4.78, 5) is 92.2. The third-order valence-electron chi connectivity index (χ3n) is 18.9. The predicted octanol–water partition coefficient (Wildman–Crippen LogP) is 15.3. The van der Waals surface area contributed by atoms with Gasteiger partial charge in [0.25, 0.3) is 36.3 Å². The number of nitrogens with zero attached hydrogens (tertiary/aromatic N) is 11. The van der Waals surface area contributed by atoms with Gasteiger partial charge in [-0.3, -0.25) is 62.2 Å². The molecule has 9 fully saturated rings. The van der Waals surface area contributed by atoms with Crippen molar-refractivity contribution in [3.63, 3.8) is 0 Å². The average Bonchev–Trinajstić information content (AvgIpc) is 1.66. The molecule has 0 radical (unpaired) electrons. The smallest absolute Gasteiger partial charge is 0.292 e. The van der Waals surface area contributed by atoms with Crippen molar-refractivity contribution < 1.29 is 141 Å². The average molecular weight is 1920 g/mol. The molecule has 9 aliphatic heterocycles. The summed E-state index contributed by atoms with van der Waals surface area (Å²) >= 11 is 7.32. The minimum atomic E-state index is -3.66. The highest BCUT2D eigenvalue weighted by Crippen LogP contribution is 2.46. The van der Waals surface area contributed by atoms with Crippen molar-refractivity contribution in [3.8, 4) is 0 Å². The molecule has 14 heterocycles. The van der Waals surface area contributed by atoms with Crippen molar-refractivity contribution in [2.24, 2.45) is 0 Å². The van der Waals surface area contributed by atoms with Gasteiger partial charge in [0.2, 0.25) is 51.2 Å². The second kappa shape index (κ2) is 36.0. The summed E-state index contributed by atoms with van der Waals surface area (Å²) in [6, 6.07) is 6.65. The number of thioether (sulfide) groups is 5. The monoisotopic (exact) mass is 1920 g/mol. The lowest BCUT2D eigenvalue weighted by atomic mass is 10.1. The van der Waals surface area contributed by atoms with Crippen molar-refractivity contribution in [1.82, 2.24) is 25.8 Å². The molecule has 0 N–H and O–H groups in total. The first kappa shape index (κ1) is 86.8. The van der Waals surface area contributed by atoms with Crippen LogP contribution >= 0.6 is 81.4 Å². The molecule has 0 saturated carbocycles. The van der Waals surface area contributed by atoms with Crippen molar-refractivity contribution in [1.29, 1.82) is 0 Å². The number of aldehydes is 2. The molecule has 19 rings (SSSR count). The molecule has 0 aliphatic carbocycles. The third kappa shape index (κ3) is 17.4. The summed E-state index contributed by atoms with van der Waals surface area (Å²) in [5.74, 6) is -9.00. The Morgan fingerprint density at radius 3 is 1.18 bits per heavy atom. The van der Waals surface area contributed by atoms with Crippen LogP contribution in [0.15, 0.2) is 75.9 Å². The molecule has 9 aliphatic rings. The van der Waals surface area contributed by atoms with Crippen LogP contribution in [0.1, 0.15) is 70.1 Å². The zero-order valence-corrected chi connectivity index (χ0v) is 69.5. The molecule has 10 aromatic rings. The lowest BCUT2D eigenvalue weighted by Gasteiger charge is -2.37. The zero-order valence-electron chi connectivity index (χ0n) is 62.4. The largest absolute Gasteiger partial charge is 0.372 e. The van der Waals surface area contributed by atoms with E-state index in [2.05, 4.69) is 61.5 Å². The number of anilines is 6. The van der Waals surface area contributed by atoms with Gasteiger partial charge < -0.3 is 60.7 Å². The number of hydrogen-bond acceptors (Lipinski definition) is 33.